The molecule has 1 aliphatic carbocycles. The largest absolute Gasteiger partial charge is 0.456 e. The predicted octanol–water partition coefficient (Wildman–Crippen LogP) is 0.887. The van der Waals surface area contributed by atoms with Crippen molar-refractivity contribution in [1.82, 2.24) is 10.2 Å². The van der Waals surface area contributed by atoms with Crippen LogP contribution < -0.4 is 5.32 Å². The van der Waals surface area contributed by atoms with Crippen LogP contribution in [0.4, 0.5) is 0 Å². The van der Waals surface area contributed by atoms with Crippen molar-refractivity contribution in [1.29, 1.82) is 0 Å². The van der Waals surface area contributed by atoms with Crippen molar-refractivity contribution in [3.05, 3.63) is 23.7 Å². The summed E-state index contributed by atoms with van der Waals surface area (Å²) in [4.78, 5) is 26.2. The number of ether oxygens (including phenoxy) is 1. The minimum absolute atomic E-state index is 0.209. The SMILES string of the molecule is O=C(NCC1CN(C(=O)C2(O)CCOCC2)C1)c1ccc(C2CC2)o1. The lowest BCUT2D eigenvalue weighted by Gasteiger charge is -2.44. The van der Waals surface area contributed by atoms with Crippen LogP contribution in [0.25, 0.3) is 0 Å². The molecule has 0 bridgehead atoms. The van der Waals surface area contributed by atoms with Crippen molar-refractivity contribution < 1.29 is 23.8 Å². The molecule has 2 saturated heterocycles. The molecular weight excluding hydrogens is 324 g/mol. The van der Waals surface area contributed by atoms with Gasteiger partial charge in [0.2, 0.25) is 0 Å². The average molecular weight is 348 g/mol. The maximum absolute atomic E-state index is 12.4. The molecule has 2 N–H and O–H groups in total. The van der Waals surface area contributed by atoms with Crippen LogP contribution >= 0.6 is 0 Å². The van der Waals surface area contributed by atoms with E-state index in [9.17, 15) is 14.7 Å². The van der Waals surface area contributed by atoms with Gasteiger partial charge < -0.3 is 24.5 Å². The molecule has 0 atom stereocenters. The van der Waals surface area contributed by atoms with Crippen molar-refractivity contribution in [2.24, 2.45) is 5.92 Å². The van der Waals surface area contributed by atoms with Gasteiger partial charge in [0.1, 0.15) is 11.4 Å². The third-order valence-electron chi connectivity index (χ3n) is 5.34. The van der Waals surface area contributed by atoms with Gasteiger partial charge in [-0.25, -0.2) is 0 Å². The summed E-state index contributed by atoms with van der Waals surface area (Å²) in [5.41, 5.74) is -1.28. The summed E-state index contributed by atoms with van der Waals surface area (Å²) in [7, 11) is 0. The number of aliphatic hydroxyl groups is 1. The van der Waals surface area contributed by atoms with Gasteiger partial charge in [-0.1, -0.05) is 0 Å². The molecule has 25 heavy (non-hydrogen) atoms. The summed E-state index contributed by atoms with van der Waals surface area (Å²) in [6, 6.07) is 3.60. The van der Waals surface area contributed by atoms with Gasteiger partial charge in [-0.15, -0.1) is 0 Å². The van der Waals surface area contributed by atoms with E-state index in [0.717, 1.165) is 18.6 Å². The number of furan rings is 1. The molecule has 0 radical (unpaired) electrons. The van der Waals surface area contributed by atoms with Gasteiger partial charge >= 0.3 is 0 Å². The first-order valence-electron chi connectivity index (χ1n) is 9.02. The van der Waals surface area contributed by atoms with Crippen molar-refractivity contribution in [3.63, 3.8) is 0 Å². The van der Waals surface area contributed by atoms with Crippen LogP contribution in [0.2, 0.25) is 0 Å². The first kappa shape index (κ1) is 16.6. The third kappa shape index (κ3) is 3.43. The molecule has 3 fully saturated rings. The number of nitrogens with zero attached hydrogens (tertiary/aromatic N) is 1. The molecule has 1 saturated carbocycles. The molecule has 1 aromatic heterocycles. The van der Waals surface area contributed by atoms with E-state index in [1.165, 1.54) is 0 Å². The highest BCUT2D eigenvalue weighted by molar-refractivity contribution is 5.91. The zero-order valence-electron chi connectivity index (χ0n) is 14.2. The zero-order chi connectivity index (χ0) is 17.4. The summed E-state index contributed by atoms with van der Waals surface area (Å²) in [5.74, 6) is 1.54. The van der Waals surface area contributed by atoms with E-state index < -0.39 is 5.60 Å². The molecule has 7 nitrogen and oxygen atoms in total. The summed E-state index contributed by atoms with van der Waals surface area (Å²) >= 11 is 0. The molecule has 2 amide bonds. The first-order chi connectivity index (χ1) is 12.0. The Morgan fingerprint density at radius 1 is 1.24 bits per heavy atom. The Labute approximate surface area is 146 Å². The van der Waals surface area contributed by atoms with Gasteiger partial charge in [0, 0.05) is 57.5 Å². The van der Waals surface area contributed by atoms with E-state index in [4.69, 9.17) is 9.15 Å². The molecule has 136 valence electrons. The number of nitrogens with one attached hydrogen (secondary N) is 1. The molecule has 2 aliphatic heterocycles. The van der Waals surface area contributed by atoms with Crippen LogP contribution in [0.15, 0.2) is 16.5 Å². The molecular formula is C18H24N2O5. The Bertz CT molecular complexity index is 654. The first-order valence-corrected chi connectivity index (χ1v) is 9.02. The molecule has 1 aromatic rings. The number of rotatable bonds is 5. The van der Waals surface area contributed by atoms with Crippen molar-refractivity contribution in [3.8, 4) is 0 Å². The molecule has 0 spiro atoms. The second kappa shape index (κ2) is 6.46. The summed E-state index contributed by atoms with van der Waals surface area (Å²) in [6.45, 7) is 2.47. The lowest BCUT2D eigenvalue weighted by Crippen LogP contribution is -2.61. The fraction of sp³-hybridized carbons (Fsp3) is 0.667. The Kier molecular flexibility index (Phi) is 4.29. The molecule has 3 aliphatic rings. The van der Waals surface area contributed by atoms with E-state index >= 15 is 0 Å². The van der Waals surface area contributed by atoms with Crippen molar-refractivity contribution >= 4 is 11.8 Å². The van der Waals surface area contributed by atoms with Gasteiger partial charge in [-0.2, -0.15) is 0 Å². The fourth-order valence-corrected chi connectivity index (χ4v) is 3.47. The van der Waals surface area contributed by atoms with Gasteiger partial charge in [-0.05, 0) is 25.0 Å². The predicted molar refractivity (Wildman–Crippen MR) is 88.1 cm³/mol. The zero-order valence-corrected chi connectivity index (χ0v) is 14.2. The number of carbonyl (C=O) groups is 2. The highest BCUT2D eigenvalue weighted by atomic mass is 16.5. The maximum atomic E-state index is 12.4. The van der Waals surface area contributed by atoms with Gasteiger partial charge in [0.15, 0.2) is 5.76 Å². The standard InChI is InChI=1S/C18H24N2O5/c21-16(15-4-3-14(25-15)13-1-2-13)19-9-12-10-20(11-12)17(22)18(23)5-7-24-8-6-18/h3-4,12-13,23H,1-2,5-11H2,(H,19,21). The van der Waals surface area contributed by atoms with Crippen LogP contribution in [-0.2, 0) is 9.53 Å². The van der Waals surface area contributed by atoms with Gasteiger partial charge in [0.05, 0.1) is 0 Å². The van der Waals surface area contributed by atoms with Crippen LogP contribution in [0, 0.1) is 5.92 Å². The maximum Gasteiger partial charge on any atom is 0.287 e. The lowest BCUT2D eigenvalue weighted by atomic mass is 9.89. The Hall–Kier alpha value is -1.86. The monoisotopic (exact) mass is 348 g/mol. The molecule has 0 aromatic carbocycles. The van der Waals surface area contributed by atoms with E-state index in [1.54, 1.807) is 11.0 Å². The minimum Gasteiger partial charge on any atom is -0.456 e. The van der Waals surface area contributed by atoms with E-state index in [-0.39, 0.29) is 17.7 Å². The Morgan fingerprint density at radius 2 is 1.96 bits per heavy atom. The van der Waals surface area contributed by atoms with E-state index in [0.29, 0.717) is 57.4 Å². The fourth-order valence-electron chi connectivity index (χ4n) is 3.47. The minimum atomic E-state index is -1.28. The number of likely N-dealkylation sites (tertiary alicyclic amines) is 1. The normalized spacial score (nSPS) is 23.2. The Morgan fingerprint density at radius 3 is 2.64 bits per heavy atom. The number of hydrogen-bond acceptors (Lipinski definition) is 5. The summed E-state index contributed by atoms with van der Waals surface area (Å²) < 4.78 is 10.8. The van der Waals surface area contributed by atoms with Crippen LogP contribution in [0.1, 0.15) is 47.9 Å². The smallest absolute Gasteiger partial charge is 0.287 e. The van der Waals surface area contributed by atoms with Gasteiger partial charge in [-0.3, -0.25) is 9.59 Å². The highest BCUT2D eigenvalue weighted by Gasteiger charge is 2.44. The second-order valence-electron chi connectivity index (χ2n) is 7.41. The molecule has 7 heteroatoms. The number of hydrogen-bond donors (Lipinski definition) is 2. The molecule has 3 heterocycles. The van der Waals surface area contributed by atoms with Crippen molar-refractivity contribution in [2.75, 3.05) is 32.8 Å². The quantitative estimate of drug-likeness (QED) is 0.824. The number of amides is 2. The summed E-state index contributed by atoms with van der Waals surface area (Å²) in [5, 5.41) is 13.3. The molecule has 0 unspecified atom stereocenters. The van der Waals surface area contributed by atoms with Crippen LogP contribution in [-0.4, -0.2) is 60.3 Å². The van der Waals surface area contributed by atoms with Crippen LogP contribution in [0.3, 0.4) is 0 Å². The second-order valence-corrected chi connectivity index (χ2v) is 7.41. The average Bonchev–Trinajstić information content (AvgIpc) is 3.30. The molecule has 4 rings (SSSR count). The lowest BCUT2D eigenvalue weighted by molar-refractivity contribution is -0.167. The highest BCUT2D eigenvalue weighted by Crippen LogP contribution is 2.40. The van der Waals surface area contributed by atoms with E-state index in [2.05, 4.69) is 5.32 Å². The topological polar surface area (TPSA) is 92.0 Å². The number of carbonyl (C=O) groups excluding carboxylic acids is 2. The van der Waals surface area contributed by atoms with Crippen molar-refractivity contribution in [2.45, 2.75) is 37.2 Å². The van der Waals surface area contributed by atoms with Crippen LogP contribution in [0.5, 0.6) is 0 Å². The summed E-state index contributed by atoms with van der Waals surface area (Å²) in [6.07, 6.45) is 2.98. The third-order valence-corrected chi connectivity index (χ3v) is 5.34. The van der Waals surface area contributed by atoms with E-state index in [1.807, 2.05) is 6.07 Å². The van der Waals surface area contributed by atoms with Gasteiger partial charge in [0.25, 0.3) is 11.8 Å². The Balaban J connectivity index is 1.21.